The third-order valence-electron chi connectivity index (χ3n) is 3.69. The van der Waals surface area contributed by atoms with Crippen molar-refractivity contribution in [1.29, 1.82) is 0 Å². The molecule has 2 nitrogen and oxygen atoms in total. The predicted molar refractivity (Wildman–Crippen MR) is 58.9 cm³/mol. The molecule has 1 heterocycles. The fourth-order valence-corrected chi connectivity index (χ4v) is 2.95. The largest absolute Gasteiger partial charge is 0.349 e. The van der Waals surface area contributed by atoms with E-state index in [1.165, 1.54) is 24.8 Å². The van der Waals surface area contributed by atoms with Crippen LogP contribution in [0.4, 0.5) is 0 Å². The molecule has 1 aliphatic heterocycles. The molecular weight excluding hydrogens is 186 g/mol. The van der Waals surface area contributed by atoms with Crippen LogP contribution in [0.2, 0.25) is 0 Å². The normalized spacial score (nSPS) is 28.9. The van der Waals surface area contributed by atoms with E-state index in [1.54, 1.807) is 0 Å². The van der Waals surface area contributed by atoms with Crippen molar-refractivity contribution >= 4 is 5.91 Å². The highest BCUT2D eigenvalue weighted by atomic mass is 16.1. The van der Waals surface area contributed by atoms with Crippen molar-refractivity contribution in [3.05, 3.63) is 35.4 Å². The maximum absolute atomic E-state index is 11.8. The number of nitrogens with one attached hydrogen (secondary N) is 1. The monoisotopic (exact) mass is 201 g/mol. The summed E-state index contributed by atoms with van der Waals surface area (Å²) in [6.45, 7) is 0. The molecule has 1 aliphatic carbocycles. The van der Waals surface area contributed by atoms with E-state index in [2.05, 4.69) is 11.4 Å². The van der Waals surface area contributed by atoms with Crippen molar-refractivity contribution in [2.24, 2.45) is 0 Å². The highest BCUT2D eigenvalue weighted by Gasteiger charge is 2.34. The van der Waals surface area contributed by atoms with E-state index in [4.69, 9.17) is 0 Å². The van der Waals surface area contributed by atoms with E-state index in [9.17, 15) is 4.79 Å². The summed E-state index contributed by atoms with van der Waals surface area (Å²) in [6, 6.07) is 8.44. The molecule has 1 aromatic rings. The Morgan fingerprint density at radius 2 is 1.93 bits per heavy atom. The Hall–Kier alpha value is -1.31. The van der Waals surface area contributed by atoms with Gasteiger partial charge in [-0.2, -0.15) is 0 Å². The fourth-order valence-electron chi connectivity index (χ4n) is 2.95. The Kier molecular flexibility index (Phi) is 2.01. The lowest BCUT2D eigenvalue weighted by molar-refractivity contribution is 0.0901. The summed E-state index contributed by atoms with van der Waals surface area (Å²) in [4.78, 5) is 11.8. The van der Waals surface area contributed by atoms with Crippen molar-refractivity contribution in [3.63, 3.8) is 0 Å². The number of carbonyl (C=O) groups is 1. The fraction of sp³-hybridized carbons (Fsp3) is 0.462. The van der Waals surface area contributed by atoms with Gasteiger partial charge in [-0.25, -0.2) is 0 Å². The third-order valence-corrected chi connectivity index (χ3v) is 3.69. The molecule has 2 heteroatoms. The number of fused-ring (bicyclic) bond motifs is 3. The smallest absolute Gasteiger partial charge is 0.251 e. The molecule has 0 unspecified atom stereocenters. The van der Waals surface area contributed by atoms with Crippen molar-refractivity contribution in [2.45, 2.75) is 37.6 Å². The van der Waals surface area contributed by atoms with Gasteiger partial charge in [0.05, 0.1) is 0 Å². The van der Waals surface area contributed by atoms with Crippen LogP contribution in [0.15, 0.2) is 24.3 Å². The van der Waals surface area contributed by atoms with Gasteiger partial charge in [0, 0.05) is 17.5 Å². The number of amides is 1. The summed E-state index contributed by atoms with van der Waals surface area (Å²) in [5, 5.41) is 3.14. The topological polar surface area (TPSA) is 29.1 Å². The first-order chi connectivity index (χ1) is 7.36. The SMILES string of the molecule is O=C1N[C@H]2CCCC[C@H]2c2ccccc21. The first kappa shape index (κ1) is 8.96. The molecule has 1 aromatic carbocycles. The minimum atomic E-state index is 0.119. The number of carbonyl (C=O) groups excluding carboxylic acids is 1. The van der Waals surface area contributed by atoms with Crippen LogP contribution in [0.1, 0.15) is 47.5 Å². The van der Waals surface area contributed by atoms with Crippen LogP contribution in [-0.2, 0) is 0 Å². The first-order valence-corrected chi connectivity index (χ1v) is 5.76. The van der Waals surface area contributed by atoms with Gasteiger partial charge in [-0.1, -0.05) is 31.0 Å². The van der Waals surface area contributed by atoms with E-state index in [-0.39, 0.29) is 5.91 Å². The molecule has 15 heavy (non-hydrogen) atoms. The van der Waals surface area contributed by atoms with E-state index in [1.807, 2.05) is 18.2 Å². The number of rotatable bonds is 0. The van der Waals surface area contributed by atoms with Gasteiger partial charge in [0.15, 0.2) is 0 Å². The van der Waals surface area contributed by atoms with Crippen molar-refractivity contribution < 1.29 is 4.79 Å². The lowest BCUT2D eigenvalue weighted by atomic mass is 9.76. The first-order valence-electron chi connectivity index (χ1n) is 5.76. The van der Waals surface area contributed by atoms with Gasteiger partial charge in [-0.05, 0) is 24.5 Å². The van der Waals surface area contributed by atoms with Crippen molar-refractivity contribution in [2.75, 3.05) is 0 Å². The Labute approximate surface area is 89.7 Å². The third kappa shape index (κ3) is 1.36. The van der Waals surface area contributed by atoms with Crippen LogP contribution >= 0.6 is 0 Å². The minimum absolute atomic E-state index is 0.119. The second kappa shape index (κ2) is 3.37. The quantitative estimate of drug-likeness (QED) is 0.686. The molecule has 78 valence electrons. The summed E-state index contributed by atoms with van der Waals surface area (Å²) in [7, 11) is 0. The van der Waals surface area contributed by atoms with Crippen LogP contribution in [0, 0.1) is 0 Å². The summed E-state index contributed by atoms with van der Waals surface area (Å²) in [5.74, 6) is 0.682. The van der Waals surface area contributed by atoms with Crippen LogP contribution in [-0.4, -0.2) is 11.9 Å². The standard InChI is InChI=1S/C13H15NO/c15-13-11-7-2-1-5-9(11)10-6-3-4-8-12(10)14-13/h1-2,5,7,10,12H,3-4,6,8H2,(H,14,15)/t10-,12-/m0/s1. The Morgan fingerprint density at radius 3 is 2.87 bits per heavy atom. The molecule has 2 aliphatic rings. The molecule has 0 spiro atoms. The second-order valence-electron chi connectivity index (χ2n) is 4.56. The van der Waals surface area contributed by atoms with E-state index in [0.29, 0.717) is 12.0 Å². The molecule has 1 saturated carbocycles. The Morgan fingerprint density at radius 1 is 1.13 bits per heavy atom. The number of hydrogen-bond acceptors (Lipinski definition) is 1. The Bertz CT molecular complexity index is 399. The number of benzene rings is 1. The highest BCUT2D eigenvalue weighted by molar-refractivity contribution is 5.97. The van der Waals surface area contributed by atoms with Gasteiger partial charge in [0.2, 0.25) is 0 Å². The average molecular weight is 201 g/mol. The van der Waals surface area contributed by atoms with Crippen molar-refractivity contribution in [1.82, 2.24) is 5.32 Å². The molecule has 0 aromatic heterocycles. The highest BCUT2D eigenvalue weighted by Crippen LogP contribution is 2.37. The van der Waals surface area contributed by atoms with Crippen molar-refractivity contribution in [3.8, 4) is 0 Å². The van der Waals surface area contributed by atoms with E-state index < -0.39 is 0 Å². The van der Waals surface area contributed by atoms with Gasteiger partial charge in [-0.15, -0.1) is 0 Å². The van der Waals surface area contributed by atoms with Crippen LogP contribution in [0.25, 0.3) is 0 Å². The van der Waals surface area contributed by atoms with Gasteiger partial charge >= 0.3 is 0 Å². The molecule has 0 saturated heterocycles. The van der Waals surface area contributed by atoms with Gasteiger partial charge in [0.1, 0.15) is 0 Å². The van der Waals surface area contributed by atoms with Gasteiger partial charge in [0.25, 0.3) is 5.91 Å². The molecule has 1 amide bonds. The molecule has 2 atom stereocenters. The Balaban J connectivity index is 2.07. The zero-order valence-corrected chi connectivity index (χ0v) is 8.70. The molecule has 3 rings (SSSR count). The number of hydrogen-bond donors (Lipinski definition) is 1. The maximum atomic E-state index is 11.8. The minimum Gasteiger partial charge on any atom is -0.349 e. The van der Waals surface area contributed by atoms with Gasteiger partial charge < -0.3 is 5.32 Å². The predicted octanol–water partition coefficient (Wildman–Crippen LogP) is 2.46. The lowest BCUT2D eigenvalue weighted by Gasteiger charge is -2.37. The van der Waals surface area contributed by atoms with Gasteiger partial charge in [-0.3, -0.25) is 4.79 Å². The zero-order chi connectivity index (χ0) is 10.3. The molecule has 0 radical (unpaired) electrons. The van der Waals surface area contributed by atoms with E-state index >= 15 is 0 Å². The van der Waals surface area contributed by atoms with E-state index in [0.717, 1.165) is 12.0 Å². The van der Waals surface area contributed by atoms with Crippen LogP contribution < -0.4 is 5.32 Å². The lowest BCUT2D eigenvalue weighted by Crippen LogP contribution is -2.45. The molecule has 1 N–H and O–H groups in total. The molecule has 0 bridgehead atoms. The average Bonchev–Trinajstić information content (AvgIpc) is 2.30. The maximum Gasteiger partial charge on any atom is 0.251 e. The summed E-state index contributed by atoms with van der Waals surface area (Å²) < 4.78 is 0. The summed E-state index contributed by atoms with van der Waals surface area (Å²) in [6.07, 6.45) is 4.92. The van der Waals surface area contributed by atoms with Crippen LogP contribution in [0.3, 0.4) is 0 Å². The van der Waals surface area contributed by atoms with Crippen LogP contribution in [0.5, 0.6) is 0 Å². The zero-order valence-electron chi connectivity index (χ0n) is 8.70. The second-order valence-corrected chi connectivity index (χ2v) is 4.56. The summed E-state index contributed by atoms with van der Waals surface area (Å²) >= 11 is 0. The summed E-state index contributed by atoms with van der Waals surface area (Å²) in [5.41, 5.74) is 2.16. The molecule has 1 fully saturated rings. The molecular formula is C13H15NO.